The number of carbonyl (C=O) groups excluding carboxylic acids is 1. The SMILES string of the molecule is Cn1cc(CN2CCN(C(=O)c3cc4ccccc4oc3=O)CC2)c2ccccc21. The summed E-state index contributed by atoms with van der Waals surface area (Å²) in [4.78, 5) is 29.4. The standard InChI is InChI=1S/C24H23N3O3/c1-25-15-18(19-7-3-4-8-21(19)25)16-26-10-12-27(13-11-26)23(28)20-14-17-6-2-5-9-22(17)30-24(20)29/h2-9,14-15H,10-13,16H2,1H3. The summed E-state index contributed by atoms with van der Waals surface area (Å²) in [6.07, 6.45) is 2.18. The molecule has 152 valence electrons. The Labute approximate surface area is 173 Å². The van der Waals surface area contributed by atoms with Gasteiger partial charge in [0.05, 0.1) is 0 Å². The van der Waals surface area contributed by atoms with Gasteiger partial charge < -0.3 is 13.9 Å². The molecule has 1 amide bonds. The summed E-state index contributed by atoms with van der Waals surface area (Å²) in [5.41, 5.74) is 2.56. The lowest BCUT2D eigenvalue weighted by atomic mass is 10.1. The van der Waals surface area contributed by atoms with Gasteiger partial charge in [0.2, 0.25) is 0 Å². The van der Waals surface area contributed by atoms with E-state index in [0.717, 1.165) is 25.0 Å². The average Bonchev–Trinajstić information content (AvgIpc) is 3.09. The Morgan fingerprint density at radius 3 is 2.57 bits per heavy atom. The predicted molar refractivity (Wildman–Crippen MR) is 117 cm³/mol. The van der Waals surface area contributed by atoms with Gasteiger partial charge in [-0.05, 0) is 23.8 Å². The molecule has 6 nitrogen and oxygen atoms in total. The van der Waals surface area contributed by atoms with E-state index in [4.69, 9.17) is 4.42 Å². The van der Waals surface area contributed by atoms with Crippen LogP contribution in [0.15, 0.2) is 70.0 Å². The number of nitrogens with zero attached hydrogens (tertiary/aromatic N) is 3. The van der Waals surface area contributed by atoms with Crippen LogP contribution in [-0.2, 0) is 13.6 Å². The smallest absolute Gasteiger partial charge is 0.349 e. The largest absolute Gasteiger partial charge is 0.422 e. The maximum atomic E-state index is 13.0. The van der Waals surface area contributed by atoms with Crippen molar-refractivity contribution in [3.8, 4) is 0 Å². The number of benzene rings is 2. The summed E-state index contributed by atoms with van der Waals surface area (Å²) in [6.45, 7) is 3.58. The summed E-state index contributed by atoms with van der Waals surface area (Å²) in [5.74, 6) is -0.251. The van der Waals surface area contributed by atoms with Crippen LogP contribution in [0.25, 0.3) is 21.9 Å². The van der Waals surface area contributed by atoms with E-state index in [9.17, 15) is 9.59 Å². The molecule has 6 heteroatoms. The second-order valence-corrected chi connectivity index (χ2v) is 7.84. The summed E-state index contributed by atoms with van der Waals surface area (Å²) >= 11 is 0. The molecule has 0 aliphatic carbocycles. The second kappa shape index (κ2) is 7.46. The summed E-state index contributed by atoms with van der Waals surface area (Å²) in [7, 11) is 2.07. The molecule has 1 aliphatic rings. The molecule has 1 saturated heterocycles. The van der Waals surface area contributed by atoms with Crippen molar-refractivity contribution in [3.05, 3.63) is 82.3 Å². The number of fused-ring (bicyclic) bond motifs is 2. The number of hydrogen-bond acceptors (Lipinski definition) is 4. The zero-order chi connectivity index (χ0) is 20.7. The zero-order valence-corrected chi connectivity index (χ0v) is 16.9. The van der Waals surface area contributed by atoms with E-state index >= 15 is 0 Å². The van der Waals surface area contributed by atoms with Crippen LogP contribution in [0, 0.1) is 0 Å². The highest BCUT2D eigenvalue weighted by atomic mass is 16.4. The third kappa shape index (κ3) is 3.29. The molecule has 2 aromatic heterocycles. The van der Waals surface area contributed by atoms with Crippen molar-refractivity contribution >= 4 is 27.8 Å². The van der Waals surface area contributed by atoms with Crippen LogP contribution >= 0.6 is 0 Å². The topological polar surface area (TPSA) is 58.7 Å². The van der Waals surface area contributed by atoms with Gasteiger partial charge in [0.15, 0.2) is 0 Å². The first-order chi connectivity index (χ1) is 14.6. The second-order valence-electron chi connectivity index (χ2n) is 7.84. The van der Waals surface area contributed by atoms with Gasteiger partial charge in [-0.25, -0.2) is 4.79 Å². The van der Waals surface area contributed by atoms with Crippen molar-refractivity contribution in [2.75, 3.05) is 26.2 Å². The quantitative estimate of drug-likeness (QED) is 0.495. The maximum absolute atomic E-state index is 13.0. The van der Waals surface area contributed by atoms with Gasteiger partial charge in [-0.3, -0.25) is 9.69 Å². The zero-order valence-electron chi connectivity index (χ0n) is 16.9. The molecule has 0 bridgehead atoms. The predicted octanol–water partition coefficient (Wildman–Crippen LogP) is 3.24. The van der Waals surface area contributed by atoms with Gasteiger partial charge in [0, 0.05) is 62.3 Å². The molecule has 2 aromatic carbocycles. The van der Waals surface area contributed by atoms with Gasteiger partial charge in [0.25, 0.3) is 5.91 Å². The van der Waals surface area contributed by atoms with E-state index in [1.54, 1.807) is 17.0 Å². The number of para-hydroxylation sites is 2. The van der Waals surface area contributed by atoms with Crippen LogP contribution in [0.3, 0.4) is 0 Å². The molecule has 0 spiro atoms. The average molecular weight is 401 g/mol. The van der Waals surface area contributed by atoms with Gasteiger partial charge >= 0.3 is 5.63 Å². The van der Waals surface area contributed by atoms with Crippen LogP contribution in [0.5, 0.6) is 0 Å². The van der Waals surface area contributed by atoms with Crippen molar-refractivity contribution in [3.63, 3.8) is 0 Å². The Kier molecular flexibility index (Phi) is 4.64. The van der Waals surface area contributed by atoms with E-state index in [1.807, 2.05) is 18.2 Å². The molecule has 0 atom stereocenters. The highest BCUT2D eigenvalue weighted by Crippen LogP contribution is 2.22. The van der Waals surface area contributed by atoms with Gasteiger partial charge in [-0.15, -0.1) is 0 Å². The van der Waals surface area contributed by atoms with Gasteiger partial charge in [-0.2, -0.15) is 0 Å². The highest BCUT2D eigenvalue weighted by Gasteiger charge is 2.25. The summed E-state index contributed by atoms with van der Waals surface area (Å²) in [6, 6.07) is 17.3. The lowest BCUT2D eigenvalue weighted by Crippen LogP contribution is -2.49. The minimum atomic E-state index is -0.572. The molecule has 0 unspecified atom stereocenters. The summed E-state index contributed by atoms with van der Waals surface area (Å²) in [5, 5.41) is 2.03. The minimum absolute atomic E-state index is 0.108. The van der Waals surface area contributed by atoms with Crippen molar-refractivity contribution in [2.45, 2.75) is 6.54 Å². The number of hydrogen-bond donors (Lipinski definition) is 0. The molecule has 5 rings (SSSR count). The lowest BCUT2D eigenvalue weighted by Gasteiger charge is -2.34. The van der Waals surface area contributed by atoms with E-state index in [2.05, 4.69) is 47.0 Å². The molecule has 0 saturated carbocycles. The van der Waals surface area contributed by atoms with Crippen LogP contribution in [0.2, 0.25) is 0 Å². The number of rotatable bonds is 3. The van der Waals surface area contributed by atoms with Crippen LogP contribution < -0.4 is 5.63 Å². The fourth-order valence-electron chi connectivity index (χ4n) is 4.28. The fraction of sp³-hybridized carbons (Fsp3) is 0.250. The Hall–Kier alpha value is -3.38. The first kappa shape index (κ1) is 18.6. The van der Waals surface area contributed by atoms with Crippen molar-refractivity contribution in [1.82, 2.24) is 14.4 Å². The number of piperazine rings is 1. The minimum Gasteiger partial charge on any atom is -0.422 e. The Morgan fingerprint density at radius 2 is 1.73 bits per heavy atom. The third-order valence-corrected chi connectivity index (χ3v) is 5.90. The number of aryl methyl sites for hydroxylation is 1. The molecule has 1 aliphatic heterocycles. The number of carbonyl (C=O) groups is 1. The van der Waals surface area contributed by atoms with Crippen LogP contribution in [0.1, 0.15) is 15.9 Å². The molecule has 0 N–H and O–H groups in total. The summed E-state index contributed by atoms with van der Waals surface area (Å²) < 4.78 is 7.49. The van der Waals surface area contributed by atoms with E-state index < -0.39 is 5.63 Å². The normalized spacial score (nSPS) is 15.2. The first-order valence-electron chi connectivity index (χ1n) is 10.2. The van der Waals surface area contributed by atoms with Gasteiger partial charge in [-0.1, -0.05) is 36.4 Å². The van der Waals surface area contributed by atoms with Crippen LogP contribution in [0.4, 0.5) is 0 Å². The fourth-order valence-corrected chi connectivity index (χ4v) is 4.28. The first-order valence-corrected chi connectivity index (χ1v) is 10.2. The van der Waals surface area contributed by atoms with Crippen molar-refractivity contribution in [1.29, 1.82) is 0 Å². The van der Waals surface area contributed by atoms with Crippen LogP contribution in [-0.4, -0.2) is 46.5 Å². The number of amides is 1. The Bertz CT molecular complexity index is 1300. The molecular weight excluding hydrogens is 378 g/mol. The molecule has 1 fully saturated rings. The molecular formula is C24H23N3O3. The maximum Gasteiger partial charge on any atom is 0.349 e. The number of aromatic nitrogens is 1. The molecule has 4 aromatic rings. The highest BCUT2D eigenvalue weighted by molar-refractivity contribution is 5.96. The van der Waals surface area contributed by atoms with E-state index in [-0.39, 0.29) is 11.5 Å². The Balaban J connectivity index is 1.29. The third-order valence-electron chi connectivity index (χ3n) is 5.90. The van der Waals surface area contributed by atoms with E-state index in [1.165, 1.54) is 16.5 Å². The van der Waals surface area contributed by atoms with E-state index in [0.29, 0.717) is 18.7 Å². The molecule has 0 radical (unpaired) electrons. The Morgan fingerprint density at radius 1 is 1.00 bits per heavy atom. The monoisotopic (exact) mass is 401 g/mol. The molecule has 30 heavy (non-hydrogen) atoms. The van der Waals surface area contributed by atoms with Crippen molar-refractivity contribution in [2.24, 2.45) is 7.05 Å². The molecule has 3 heterocycles. The van der Waals surface area contributed by atoms with Crippen molar-refractivity contribution < 1.29 is 9.21 Å². The van der Waals surface area contributed by atoms with Gasteiger partial charge in [0.1, 0.15) is 11.1 Å². The lowest BCUT2D eigenvalue weighted by molar-refractivity contribution is 0.0625.